The Hall–Kier alpha value is -0.540. The summed E-state index contributed by atoms with van der Waals surface area (Å²) in [5, 5.41) is 10.4. The second-order valence-corrected chi connectivity index (χ2v) is 4.59. The fourth-order valence-corrected chi connectivity index (χ4v) is 2.51. The van der Waals surface area contributed by atoms with Crippen LogP contribution < -0.4 is 10.6 Å². The third kappa shape index (κ3) is 2.23. The average molecular weight is 196 g/mol. The Balaban J connectivity index is 1.82. The van der Waals surface area contributed by atoms with Crippen LogP contribution >= 0.6 is 11.3 Å². The molecule has 0 radical (unpaired) electrons. The zero-order valence-electron chi connectivity index (χ0n) is 7.97. The van der Waals surface area contributed by atoms with Gasteiger partial charge in [-0.25, -0.2) is 0 Å². The largest absolute Gasteiger partial charge is 0.376 e. The molecule has 0 bridgehead atoms. The molecule has 0 aromatic carbocycles. The van der Waals surface area contributed by atoms with Crippen LogP contribution in [0.5, 0.6) is 0 Å². The molecular weight excluding hydrogens is 180 g/mol. The van der Waals surface area contributed by atoms with Crippen molar-refractivity contribution >= 4 is 16.3 Å². The molecule has 1 saturated heterocycles. The van der Waals surface area contributed by atoms with Gasteiger partial charge < -0.3 is 10.6 Å². The van der Waals surface area contributed by atoms with Gasteiger partial charge in [0, 0.05) is 6.54 Å². The summed E-state index contributed by atoms with van der Waals surface area (Å²) < 4.78 is 0. The molecule has 0 spiro atoms. The minimum absolute atomic E-state index is 0.821. The van der Waals surface area contributed by atoms with Crippen LogP contribution in [-0.2, 0) is 0 Å². The van der Waals surface area contributed by atoms with Crippen LogP contribution in [0.15, 0.2) is 11.4 Å². The van der Waals surface area contributed by atoms with E-state index in [1.807, 2.05) is 0 Å². The van der Waals surface area contributed by atoms with E-state index in [4.69, 9.17) is 0 Å². The molecule has 1 atom stereocenters. The Morgan fingerprint density at radius 3 is 3.23 bits per heavy atom. The lowest BCUT2D eigenvalue weighted by atomic mass is 10.1. The number of aryl methyl sites for hydroxylation is 1. The highest BCUT2D eigenvalue weighted by Crippen LogP contribution is 2.22. The van der Waals surface area contributed by atoms with Gasteiger partial charge in [-0.05, 0) is 49.4 Å². The highest BCUT2D eigenvalue weighted by atomic mass is 32.1. The van der Waals surface area contributed by atoms with Crippen molar-refractivity contribution in [3.8, 4) is 0 Å². The first-order valence-electron chi connectivity index (χ1n) is 4.85. The van der Waals surface area contributed by atoms with Gasteiger partial charge in [0.2, 0.25) is 0 Å². The lowest BCUT2D eigenvalue weighted by molar-refractivity contribution is 0.616. The summed E-state index contributed by atoms with van der Waals surface area (Å²) in [4.78, 5) is 0. The predicted octanol–water partition coefficient (Wildman–Crippen LogP) is 2.08. The Labute approximate surface area is 83.4 Å². The minimum Gasteiger partial charge on any atom is -0.376 e. The van der Waals surface area contributed by atoms with E-state index in [2.05, 4.69) is 29.0 Å². The van der Waals surface area contributed by atoms with E-state index in [0.29, 0.717) is 0 Å². The van der Waals surface area contributed by atoms with E-state index < -0.39 is 0 Å². The Bertz CT molecular complexity index is 264. The number of rotatable bonds is 3. The van der Waals surface area contributed by atoms with Gasteiger partial charge in [-0.2, -0.15) is 0 Å². The van der Waals surface area contributed by atoms with E-state index in [0.717, 1.165) is 12.5 Å². The lowest BCUT2D eigenvalue weighted by Crippen LogP contribution is -2.16. The lowest BCUT2D eigenvalue weighted by Gasteiger charge is -2.10. The zero-order valence-corrected chi connectivity index (χ0v) is 8.79. The summed E-state index contributed by atoms with van der Waals surface area (Å²) >= 11 is 1.80. The second-order valence-electron chi connectivity index (χ2n) is 3.67. The number of hydrogen-bond donors (Lipinski definition) is 2. The highest BCUT2D eigenvalue weighted by Gasteiger charge is 2.13. The fraction of sp³-hybridized carbons (Fsp3) is 0.600. The molecule has 1 aromatic heterocycles. The van der Waals surface area contributed by atoms with Crippen molar-refractivity contribution in [2.45, 2.75) is 13.3 Å². The van der Waals surface area contributed by atoms with Crippen LogP contribution in [0, 0.1) is 12.8 Å². The maximum Gasteiger partial charge on any atom is 0.0912 e. The van der Waals surface area contributed by atoms with Crippen molar-refractivity contribution in [1.82, 2.24) is 5.32 Å². The molecule has 0 amide bonds. The van der Waals surface area contributed by atoms with Crippen molar-refractivity contribution in [3.63, 3.8) is 0 Å². The van der Waals surface area contributed by atoms with Gasteiger partial charge >= 0.3 is 0 Å². The smallest absolute Gasteiger partial charge is 0.0912 e. The molecule has 2 rings (SSSR count). The molecule has 3 heteroatoms. The fourth-order valence-electron chi connectivity index (χ4n) is 1.68. The van der Waals surface area contributed by atoms with Crippen molar-refractivity contribution in [3.05, 3.63) is 17.0 Å². The molecule has 1 aliphatic rings. The summed E-state index contributed by atoms with van der Waals surface area (Å²) in [5.41, 5.74) is 1.37. The van der Waals surface area contributed by atoms with Crippen molar-refractivity contribution in [1.29, 1.82) is 0 Å². The number of thiophene rings is 1. The standard InChI is InChI=1S/C10H16N2S/c1-8-3-5-13-10(8)12-7-9-2-4-11-6-9/h3,5,9,11-12H,2,4,6-7H2,1H3. The molecular formula is C10H16N2S. The first kappa shape index (κ1) is 9.03. The van der Waals surface area contributed by atoms with Crippen LogP contribution in [0.4, 0.5) is 5.00 Å². The highest BCUT2D eigenvalue weighted by molar-refractivity contribution is 7.14. The van der Waals surface area contributed by atoms with Gasteiger partial charge in [0.25, 0.3) is 0 Å². The number of hydrogen-bond acceptors (Lipinski definition) is 3. The van der Waals surface area contributed by atoms with Crippen LogP contribution in [0.25, 0.3) is 0 Å². The monoisotopic (exact) mass is 196 g/mol. The van der Waals surface area contributed by atoms with Gasteiger partial charge in [-0.15, -0.1) is 11.3 Å². The van der Waals surface area contributed by atoms with Gasteiger partial charge in [-0.1, -0.05) is 0 Å². The van der Waals surface area contributed by atoms with Gasteiger partial charge in [0.15, 0.2) is 0 Å². The van der Waals surface area contributed by atoms with Gasteiger partial charge in [-0.3, -0.25) is 0 Å². The van der Waals surface area contributed by atoms with Crippen molar-refractivity contribution in [2.75, 3.05) is 25.0 Å². The summed E-state index contributed by atoms with van der Waals surface area (Å²) in [7, 11) is 0. The third-order valence-electron chi connectivity index (χ3n) is 2.58. The maximum absolute atomic E-state index is 3.51. The first-order valence-corrected chi connectivity index (χ1v) is 5.73. The average Bonchev–Trinajstić information content (AvgIpc) is 2.72. The Morgan fingerprint density at radius 2 is 2.62 bits per heavy atom. The predicted molar refractivity (Wildman–Crippen MR) is 58.5 cm³/mol. The van der Waals surface area contributed by atoms with E-state index in [-0.39, 0.29) is 0 Å². The van der Waals surface area contributed by atoms with E-state index in [9.17, 15) is 0 Å². The van der Waals surface area contributed by atoms with Gasteiger partial charge in [0.1, 0.15) is 0 Å². The molecule has 72 valence electrons. The van der Waals surface area contributed by atoms with Crippen LogP contribution in [0.1, 0.15) is 12.0 Å². The molecule has 0 saturated carbocycles. The molecule has 1 unspecified atom stereocenters. The van der Waals surface area contributed by atoms with Crippen molar-refractivity contribution in [2.24, 2.45) is 5.92 Å². The third-order valence-corrected chi connectivity index (χ3v) is 3.55. The normalized spacial score (nSPS) is 22.1. The summed E-state index contributed by atoms with van der Waals surface area (Å²) in [5.74, 6) is 0.821. The van der Waals surface area contributed by atoms with E-state index in [1.54, 1.807) is 11.3 Å². The van der Waals surface area contributed by atoms with Gasteiger partial charge in [0.05, 0.1) is 5.00 Å². The molecule has 1 fully saturated rings. The Kier molecular flexibility index (Phi) is 2.86. The summed E-state index contributed by atoms with van der Waals surface area (Å²) in [6.45, 7) is 5.65. The van der Waals surface area contributed by atoms with E-state index in [1.165, 1.54) is 30.1 Å². The van der Waals surface area contributed by atoms with Crippen LogP contribution in [0.2, 0.25) is 0 Å². The second kappa shape index (κ2) is 4.11. The molecule has 2 nitrogen and oxygen atoms in total. The van der Waals surface area contributed by atoms with Crippen LogP contribution in [-0.4, -0.2) is 19.6 Å². The Morgan fingerprint density at radius 1 is 1.69 bits per heavy atom. The molecule has 2 N–H and O–H groups in total. The molecule has 2 heterocycles. The molecule has 1 aliphatic heterocycles. The topological polar surface area (TPSA) is 24.1 Å². The maximum atomic E-state index is 3.51. The molecule has 13 heavy (non-hydrogen) atoms. The summed E-state index contributed by atoms with van der Waals surface area (Å²) in [6, 6.07) is 2.17. The first-order chi connectivity index (χ1) is 6.36. The van der Waals surface area contributed by atoms with Crippen molar-refractivity contribution < 1.29 is 0 Å². The number of nitrogens with one attached hydrogen (secondary N) is 2. The number of anilines is 1. The zero-order chi connectivity index (χ0) is 9.10. The van der Waals surface area contributed by atoms with E-state index >= 15 is 0 Å². The molecule has 1 aromatic rings. The summed E-state index contributed by atoms with van der Waals surface area (Å²) in [6.07, 6.45) is 1.32. The van der Waals surface area contributed by atoms with Crippen LogP contribution in [0.3, 0.4) is 0 Å². The minimum atomic E-state index is 0.821. The quantitative estimate of drug-likeness (QED) is 0.773. The molecule has 0 aliphatic carbocycles. The SMILES string of the molecule is Cc1ccsc1NCC1CCNC1.